The van der Waals surface area contributed by atoms with Crippen LogP contribution in [0.3, 0.4) is 0 Å². The number of hydrogen-bond acceptors (Lipinski definition) is 4. The van der Waals surface area contributed by atoms with Gasteiger partial charge in [-0.3, -0.25) is 0 Å². The minimum atomic E-state index is 0.119. The minimum absolute atomic E-state index is 0.119. The molecule has 0 saturated carbocycles. The number of nitrogens with zero attached hydrogens (tertiary/aromatic N) is 1. The molecule has 100 valence electrons. The first-order chi connectivity index (χ1) is 9.19. The second-order valence-electron chi connectivity index (χ2n) is 5.01. The highest BCUT2D eigenvalue weighted by Gasteiger charge is 2.22. The quantitative estimate of drug-likeness (QED) is 0.912. The van der Waals surface area contributed by atoms with Crippen molar-refractivity contribution in [3.8, 4) is 16.3 Å². The molecule has 1 aliphatic carbocycles. The molecule has 0 radical (unpaired) electrons. The van der Waals surface area contributed by atoms with Crippen LogP contribution in [0.2, 0.25) is 0 Å². The molecule has 4 heteroatoms. The largest absolute Gasteiger partial charge is 0.496 e. The Morgan fingerprint density at radius 3 is 2.95 bits per heavy atom. The maximum atomic E-state index is 6.14. The van der Waals surface area contributed by atoms with Crippen molar-refractivity contribution in [3.05, 3.63) is 34.3 Å². The molecular weight excluding hydrogens is 256 g/mol. The summed E-state index contributed by atoms with van der Waals surface area (Å²) in [6.07, 6.45) is 3.35. The molecule has 0 bridgehead atoms. The maximum Gasteiger partial charge on any atom is 0.123 e. The number of aryl methyl sites for hydroxylation is 2. The van der Waals surface area contributed by atoms with E-state index in [1.54, 1.807) is 18.4 Å². The maximum absolute atomic E-state index is 6.14. The van der Waals surface area contributed by atoms with Gasteiger partial charge >= 0.3 is 0 Å². The SMILES string of the molecule is COc1ccc(-c2nc3c(s2)CCCC3N)cc1C. The predicted octanol–water partition coefficient (Wildman–Crippen LogP) is 3.46. The normalized spacial score (nSPS) is 18.2. The highest BCUT2D eigenvalue weighted by molar-refractivity contribution is 7.15. The lowest BCUT2D eigenvalue weighted by Gasteiger charge is -2.15. The lowest BCUT2D eigenvalue weighted by molar-refractivity contribution is 0.412. The number of thiazole rings is 1. The van der Waals surface area contributed by atoms with E-state index in [4.69, 9.17) is 15.5 Å². The van der Waals surface area contributed by atoms with E-state index in [-0.39, 0.29) is 6.04 Å². The zero-order chi connectivity index (χ0) is 13.4. The summed E-state index contributed by atoms with van der Waals surface area (Å²) in [6.45, 7) is 2.06. The molecule has 1 unspecified atom stereocenters. The molecule has 0 spiro atoms. The summed E-state index contributed by atoms with van der Waals surface area (Å²) in [5, 5.41) is 1.08. The molecule has 3 rings (SSSR count). The van der Waals surface area contributed by atoms with Crippen molar-refractivity contribution in [2.24, 2.45) is 5.73 Å². The van der Waals surface area contributed by atoms with Crippen molar-refractivity contribution in [1.29, 1.82) is 0 Å². The Labute approximate surface area is 117 Å². The van der Waals surface area contributed by atoms with Crippen molar-refractivity contribution in [3.63, 3.8) is 0 Å². The van der Waals surface area contributed by atoms with Gasteiger partial charge in [0.1, 0.15) is 10.8 Å². The first-order valence-electron chi connectivity index (χ1n) is 6.59. The highest BCUT2D eigenvalue weighted by Crippen LogP contribution is 2.37. The number of aromatic nitrogens is 1. The number of ether oxygens (including phenoxy) is 1. The summed E-state index contributed by atoms with van der Waals surface area (Å²) in [6, 6.07) is 6.33. The molecule has 3 nitrogen and oxygen atoms in total. The van der Waals surface area contributed by atoms with Crippen LogP contribution in [0.5, 0.6) is 5.75 Å². The van der Waals surface area contributed by atoms with Crippen LogP contribution in [-0.2, 0) is 6.42 Å². The molecule has 2 aromatic rings. The number of hydrogen-bond donors (Lipinski definition) is 1. The number of rotatable bonds is 2. The molecule has 1 heterocycles. The van der Waals surface area contributed by atoms with Crippen molar-refractivity contribution < 1.29 is 4.74 Å². The Bertz CT molecular complexity index is 606. The fraction of sp³-hybridized carbons (Fsp3) is 0.400. The standard InChI is InChI=1S/C15H18N2OS/c1-9-8-10(6-7-12(9)18-2)15-17-14-11(16)4-3-5-13(14)19-15/h6-8,11H,3-5,16H2,1-2H3. The van der Waals surface area contributed by atoms with Crippen molar-refractivity contribution in [1.82, 2.24) is 4.98 Å². The Balaban J connectivity index is 2.01. The van der Waals surface area contributed by atoms with E-state index in [1.165, 1.54) is 11.3 Å². The van der Waals surface area contributed by atoms with Gasteiger partial charge in [-0.2, -0.15) is 0 Å². The number of benzene rings is 1. The van der Waals surface area contributed by atoms with Crippen LogP contribution in [0.4, 0.5) is 0 Å². The molecular formula is C15H18N2OS. The third kappa shape index (κ3) is 2.26. The van der Waals surface area contributed by atoms with Crippen molar-refractivity contribution in [2.75, 3.05) is 7.11 Å². The second kappa shape index (κ2) is 4.94. The second-order valence-corrected chi connectivity index (χ2v) is 6.09. The fourth-order valence-electron chi connectivity index (χ4n) is 2.59. The Kier molecular flexibility index (Phi) is 3.29. The molecule has 2 N–H and O–H groups in total. The van der Waals surface area contributed by atoms with Gasteiger partial charge in [-0.15, -0.1) is 11.3 Å². The van der Waals surface area contributed by atoms with Gasteiger partial charge in [-0.1, -0.05) is 0 Å². The van der Waals surface area contributed by atoms with Gasteiger partial charge in [0.15, 0.2) is 0 Å². The van der Waals surface area contributed by atoms with Gasteiger partial charge < -0.3 is 10.5 Å². The Morgan fingerprint density at radius 1 is 1.42 bits per heavy atom. The minimum Gasteiger partial charge on any atom is -0.496 e. The third-order valence-electron chi connectivity index (χ3n) is 3.64. The van der Waals surface area contributed by atoms with Gasteiger partial charge in [-0.05, 0) is 49.9 Å². The fourth-order valence-corrected chi connectivity index (χ4v) is 3.76. The molecule has 1 aromatic heterocycles. The van der Waals surface area contributed by atoms with Gasteiger partial charge in [0, 0.05) is 16.5 Å². The summed E-state index contributed by atoms with van der Waals surface area (Å²) in [5.74, 6) is 0.918. The molecule has 0 saturated heterocycles. The topological polar surface area (TPSA) is 48.1 Å². The molecule has 0 aliphatic heterocycles. The van der Waals surface area contributed by atoms with E-state index in [1.807, 2.05) is 6.07 Å². The molecule has 19 heavy (non-hydrogen) atoms. The molecule has 0 amide bonds. The van der Waals surface area contributed by atoms with Crippen LogP contribution >= 0.6 is 11.3 Å². The van der Waals surface area contributed by atoms with Crippen molar-refractivity contribution >= 4 is 11.3 Å². The van der Waals surface area contributed by atoms with Crippen LogP contribution < -0.4 is 10.5 Å². The molecule has 1 atom stereocenters. The monoisotopic (exact) mass is 274 g/mol. The number of methoxy groups -OCH3 is 1. The smallest absolute Gasteiger partial charge is 0.123 e. The van der Waals surface area contributed by atoms with E-state index in [0.717, 1.165) is 40.4 Å². The molecule has 1 aliphatic rings. The van der Waals surface area contributed by atoms with Crippen LogP contribution in [0.1, 0.15) is 35.0 Å². The number of fused-ring (bicyclic) bond motifs is 1. The third-order valence-corrected chi connectivity index (χ3v) is 4.82. The van der Waals surface area contributed by atoms with Crippen molar-refractivity contribution in [2.45, 2.75) is 32.2 Å². The summed E-state index contributed by atoms with van der Waals surface area (Å²) >= 11 is 1.78. The number of nitrogens with two attached hydrogens (primary N) is 1. The highest BCUT2D eigenvalue weighted by atomic mass is 32.1. The van der Waals surface area contributed by atoms with Gasteiger partial charge in [0.05, 0.1) is 12.8 Å². The predicted molar refractivity (Wildman–Crippen MR) is 78.7 cm³/mol. The van der Waals surface area contributed by atoms with Crippen LogP contribution in [0, 0.1) is 6.92 Å². The Morgan fingerprint density at radius 2 is 2.26 bits per heavy atom. The van der Waals surface area contributed by atoms with Crippen LogP contribution in [0.15, 0.2) is 18.2 Å². The average Bonchev–Trinajstić information content (AvgIpc) is 2.84. The van der Waals surface area contributed by atoms with Gasteiger partial charge in [0.2, 0.25) is 0 Å². The summed E-state index contributed by atoms with van der Waals surface area (Å²) < 4.78 is 5.30. The van der Waals surface area contributed by atoms with E-state index in [2.05, 4.69) is 19.1 Å². The van der Waals surface area contributed by atoms with E-state index in [9.17, 15) is 0 Å². The lowest BCUT2D eigenvalue weighted by atomic mass is 9.99. The average molecular weight is 274 g/mol. The summed E-state index contributed by atoms with van der Waals surface area (Å²) in [5.41, 5.74) is 9.54. The van der Waals surface area contributed by atoms with Gasteiger partial charge in [0.25, 0.3) is 0 Å². The first-order valence-corrected chi connectivity index (χ1v) is 7.41. The molecule has 0 fully saturated rings. The Hall–Kier alpha value is -1.39. The first kappa shape index (κ1) is 12.6. The van der Waals surface area contributed by atoms with Crippen LogP contribution in [0.25, 0.3) is 10.6 Å². The van der Waals surface area contributed by atoms with E-state index >= 15 is 0 Å². The lowest BCUT2D eigenvalue weighted by Crippen LogP contribution is -2.16. The molecule has 1 aromatic carbocycles. The summed E-state index contributed by atoms with van der Waals surface area (Å²) in [4.78, 5) is 6.11. The van der Waals surface area contributed by atoms with Gasteiger partial charge in [-0.25, -0.2) is 4.98 Å². The van der Waals surface area contributed by atoms with Crippen LogP contribution in [-0.4, -0.2) is 12.1 Å². The zero-order valence-electron chi connectivity index (χ0n) is 11.3. The van der Waals surface area contributed by atoms with E-state index < -0.39 is 0 Å². The van der Waals surface area contributed by atoms with E-state index in [0.29, 0.717) is 0 Å². The zero-order valence-corrected chi connectivity index (χ0v) is 12.1. The summed E-state index contributed by atoms with van der Waals surface area (Å²) in [7, 11) is 1.70.